The maximum atomic E-state index is 4.46. The molecule has 7 nitrogen and oxygen atoms in total. The van der Waals surface area contributed by atoms with E-state index in [9.17, 15) is 0 Å². The Balaban J connectivity index is 1.36. The summed E-state index contributed by atoms with van der Waals surface area (Å²) in [6, 6.07) is 2.03. The molecule has 1 fully saturated rings. The number of aromatic nitrogens is 5. The highest BCUT2D eigenvalue weighted by atomic mass is 32.1. The molecule has 2 N–H and O–H groups in total. The molecular weight excluding hydrogens is 334 g/mol. The molecule has 3 aromatic rings. The average molecular weight is 355 g/mol. The third-order valence-corrected chi connectivity index (χ3v) is 5.11. The molecule has 0 aliphatic carbocycles. The molecule has 1 aliphatic heterocycles. The predicted molar refractivity (Wildman–Crippen MR) is 97.7 cm³/mol. The second kappa shape index (κ2) is 7.71. The van der Waals surface area contributed by atoms with Crippen LogP contribution in [-0.4, -0.2) is 42.9 Å². The number of thiazole rings is 1. The van der Waals surface area contributed by atoms with Gasteiger partial charge in [-0.15, -0.1) is 11.3 Å². The number of hydrogen-bond acceptors (Lipinski definition) is 7. The van der Waals surface area contributed by atoms with Gasteiger partial charge in [0.15, 0.2) is 5.13 Å². The van der Waals surface area contributed by atoms with Crippen molar-refractivity contribution in [2.75, 3.05) is 18.4 Å². The molecule has 0 aromatic carbocycles. The lowest BCUT2D eigenvalue weighted by Gasteiger charge is -2.32. The number of H-pyrrole nitrogens is 1. The third-order valence-electron chi connectivity index (χ3n) is 4.42. The van der Waals surface area contributed by atoms with Gasteiger partial charge in [-0.05, 0) is 31.7 Å². The second-order valence-corrected chi connectivity index (χ2v) is 7.23. The van der Waals surface area contributed by atoms with E-state index in [4.69, 9.17) is 0 Å². The number of nitrogens with one attached hydrogen (secondary N) is 2. The quantitative estimate of drug-likeness (QED) is 0.707. The topological polar surface area (TPSA) is 82.6 Å². The molecule has 4 heterocycles. The highest BCUT2D eigenvalue weighted by molar-refractivity contribution is 7.13. The summed E-state index contributed by atoms with van der Waals surface area (Å²) >= 11 is 1.56. The maximum Gasteiger partial charge on any atom is 0.188 e. The summed E-state index contributed by atoms with van der Waals surface area (Å²) in [5.41, 5.74) is 1.08. The van der Waals surface area contributed by atoms with Crippen LogP contribution in [0.5, 0.6) is 0 Å². The summed E-state index contributed by atoms with van der Waals surface area (Å²) in [5, 5.41) is 6.03. The zero-order chi connectivity index (χ0) is 16.9. The molecule has 1 aliphatic rings. The molecule has 25 heavy (non-hydrogen) atoms. The number of piperidine rings is 1. The number of hydrogen-bond donors (Lipinski definition) is 2. The SMILES string of the molecule is c1nc(CC2CCCN(Cc3ncc[nH]3)C2)cc(Nc2nccs2)n1. The van der Waals surface area contributed by atoms with Crippen molar-refractivity contribution in [3.63, 3.8) is 0 Å². The molecule has 4 rings (SSSR count). The van der Waals surface area contributed by atoms with Crippen molar-refractivity contribution >= 4 is 22.3 Å². The fourth-order valence-corrected chi connectivity index (χ4v) is 3.86. The number of imidazole rings is 1. The predicted octanol–water partition coefficient (Wildman–Crippen LogP) is 2.85. The van der Waals surface area contributed by atoms with Gasteiger partial charge in [-0.2, -0.15) is 0 Å². The molecule has 0 radical (unpaired) electrons. The maximum absolute atomic E-state index is 4.46. The van der Waals surface area contributed by atoms with E-state index < -0.39 is 0 Å². The Morgan fingerprint density at radius 2 is 2.24 bits per heavy atom. The molecule has 0 bridgehead atoms. The normalized spacial score (nSPS) is 18.3. The highest BCUT2D eigenvalue weighted by Crippen LogP contribution is 2.22. The van der Waals surface area contributed by atoms with Crippen molar-refractivity contribution in [3.05, 3.63) is 47.9 Å². The Morgan fingerprint density at radius 1 is 1.24 bits per heavy atom. The van der Waals surface area contributed by atoms with E-state index in [0.717, 1.165) is 48.5 Å². The Kier molecular flexibility index (Phi) is 4.98. The monoisotopic (exact) mass is 355 g/mol. The average Bonchev–Trinajstić information content (AvgIpc) is 3.30. The van der Waals surface area contributed by atoms with Crippen molar-refractivity contribution in [2.24, 2.45) is 5.92 Å². The summed E-state index contributed by atoms with van der Waals surface area (Å²) < 4.78 is 0. The fourth-order valence-electron chi connectivity index (χ4n) is 3.33. The molecule has 0 saturated carbocycles. The van der Waals surface area contributed by atoms with E-state index in [1.807, 2.05) is 23.8 Å². The minimum atomic E-state index is 0.617. The first kappa shape index (κ1) is 16.2. The van der Waals surface area contributed by atoms with Gasteiger partial charge in [-0.1, -0.05) is 0 Å². The van der Waals surface area contributed by atoms with E-state index in [2.05, 4.69) is 35.1 Å². The lowest BCUT2D eigenvalue weighted by molar-refractivity contribution is 0.163. The van der Waals surface area contributed by atoms with Crippen LogP contribution in [0.25, 0.3) is 0 Å². The van der Waals surface area contributed by atoms with Crippen LogP contribution < -0.4 is 5.32 Å². The van der Waals surface area contributed by atoms with E-state index in [1.165, 1.54) is 12.8 Å². The molecule has 8 heteroatoms. The summed E-state index contributed by atoms with van der Waals surface area (Å²) in [4.78, 5) is 23.0. The Bertz CT molecular complexity index is 772. The van der Waals surface area contributed by atoms with Crippen LogP contribution in [0.2, 0.25) is 0 Å². The molecule has 1 saturated heterocycles. The van der Waals surface area contributed by atoms with Crippen LogP contribution in [0.4, 0.5) is 10.9 Å². The van der Waals surface area contributed by atoms with Gasteiger partial charge in [0, 0.05) is 42.3 Å². The van der Waals surface area contributed by atoms with Crippen LogP contribution in [0, 0.1) is 5.92 Å². The van der Waals surface area contributed by atoms with Crippen LogP contribution >= 0.6 is 11.3 Å². The minimum Gasteiger partial charge on any atom is -0.348 e. The van der Waals surface area contributed by atoms with Gasteiger partial charge in [0.05, 0.1) is 6.54 Å². The highest BCUT2D eigenvalue weighted by Gasteiger charge is 2.21. The zero-order valence-corrected chi connectivity index (χ0v) is 14.7. The molecule has 1 atom stereocenters. The number of aromatic amines is 1. The molecule has 0 amide bonds. The fraction of sp³-hybridized carbons (Fsp3) is 0.412. The van der Waals surface area contributed by atoms with Gasteiger partial charge in [0.2, 0.25) is 0 Å². The van der Waals surface area contributed by atoms with Gasteiger partial charge in [0.25, 0.3) is 0 Å². The smallest absolute Gasteiger partial charge is 0.188 e. The second-order valence-electron chi connectivity index (χ2n) is 6.34. The minimum absolute atomic E-state index is 0.617. The third kappa shape index (κ3) is 4.40. The van der Waals surface area contributed by atoms with E-state index in [-0.39, 0.29) is 0 Å². The van der Waals surface area contributed by atoms with E-state index in [1.54, 1.807) is 23.9 Å². The molecule has 130 valence electrons. The van der Waals surface area contributed by atoms with Gasteiger partial charge >= 0.3 is 0 Å². The number of nitrogens with zero attached hydrogens (tertiary/aromatic N) is 5. The van der Waals surface area contributed by atoms with Gasteiger partial charge in [-0.3, -0.25) is 4.90 Å². The summed E-state index contributed by atoms with van der Waals surface area (Å²) in [6.45, 7) is 3.11. The van der Waals surface area contributed by atoms with Gasteiger partial charge < -0.3 is 10.3 Å². The lowest BCUT2D eigenvalue weighted by atomic mass is 9.93. The molecule has 1 unspecified atom stereocenters. The zero-order valence-electron chi connectivity index (χ0n) is 13.9. The Hall–Kier alpha value is -2.32. The number of likely N-dealkylation sites (tertiary alicyclic amines) is 1. The van der Waals surface area contributed by atoms with Gasteiger partial charge in [0.1, 0.15) is 18.0 Å². The molecule has 3 aromatic heterocycles. The standard InChI is InChI=1S/C17H21N7S/c1-2-13(10-24(6-1)11-16-18-3-4-19-16)8-14-9-15(22-12-21-14)23-17-20-5-7-25-17/h3-5,7,9,12-13H,1-2,6,8,10-11H2,(H,18,19)(H,20,21,22,23). The van der Waals surface area contributed by atoms with E-state index in [0.29, 0.717) is 5.92 Å². The summed E-state index contributed by atoms with van der Waals surface area (Å²) in [5.74, 6) is 2.46. The van der Waals surface area contributed by atoms with Crippen molar-refractivity contribution in [1.29, 1.82) is 0 Å². The lowest BCUT2D eigenvalue weighted by Crippen LogP contribution is -2.36. The molecule has 0 spiro atoms. The van der Waals surface area contributed by atoms with Crippen molar-refractivity contribution in [3.8, 4) is 0 Å². The number of anilines is 2. The van der Waals surface area contributed by atoms with Crippen molar-refractivity contribution < 1.29 is 0 Å². The Morgan fingerprint density at radius 3 is 3.08 bits per heavy atom. The molecular formula is C17H21N7S. The first-order valence-electron chi connectivity index (χ1n) is 8.53. The first-order valence-corrected chi connectivity index (χ1v) is 9.41. The van der Waals surface area contributed by atoms with Crippen LogP contribution in [0.3, 0.4) is 0 Å². The van der Waals surface area contributed by atoms with Crippen molar-refractivity contribution in [2.45, 2.75) is 25.8 Å². The van der Waals surface area contributed by atoms with Gasteiger partial charge in [-0.25, -0.2) is 19.9 Å². The van der Waals surface area contributed by atoms with E-state index >= 15 is 0 Å². The Labute approximate surface area is 150 Å². The first-order chi connectivity index (χ1) is 12.3. The largest absolute Gasteiger partial charge is 0.348 e. The number of rotatable bonds is 6. The summed E-state index contributed by atoms with van der Waals surface area (Å²) in [6.07, 6.45) is 10.6. The van der Waals surface area contributed by atoms with Crippen LogP contribution in [0.1, 0.15) is 24.4 Å². The van der Waals surface area contributed by atoms with Crippen LogP contribution in [0.15, 0.2) is 36.4 Å². The van der Waals surface area contributed by atoms with Crippen LogP contribution in [-0.2, 0) is 13.0 Å². The van der Waals surface area contributed by atoms with Crippen molar-refractivity contribution in [1.82, 2.24) is 29.8 Å². The summed E-state index contributed by atoms with van der Waals surface area (Å²) in [7, 11) is 0.